The first-order chi connectivity index (χ1) is 14.4. The standard InChI is InChI=1S/C22H26N4O4/c1-22(2,28)14-6-8-26(11-14)20-15-5-7-23-21(27)19(15)24-18(25-20)10-13-3-4-16-17(9-13)30-12-29-16/h3-4,9,14,28H,5-8,10-12H2,1-2H3,(H,23,27). The second kappa shape index (κ2) is 7.12. The summed E-state index contributed by atoms with van der Waals surface area (Å²) in [7, 11) is 0. The third-order valence-corrected chi connectivity index (χ3v) is 6.19. The smallest absolute Gasteiger partial charge is 0.270 e. The molecule has 158 valence electrons. The molecule has 5 rings (SSSR count). The molecule has 1 saturated heterocycles. The number of fused-ring (bicyclic) bond motifs is 2. The van der Waals surface area contributed by atoms with Crippen LogP contribution in [0, 0.1) is 5.92 Å². The Morgan fingerprint density at radius 3 is 2.90 bits per heavy atom. The van der Waals surface area contributed by atoms with Gasteiger partial charge in [0.25, 0.3) is 5.91 Å². The van der Waals surface area contributed by atoms with E-state index in [0.29, 0.717) is 30.9 Å². The fourth-order valence-corrected chi connectivity index (χ4v) is 4.42. The van der Waals surface area contributed by atoms with Gasteiger partial charge in [0, 0.05) is 37.5 Å². The van der Waals surface area contributed by atoms with Crippen LogP contribution >= 0.6 is 0 Å². The third kappa shape index (κ3) is 3.45. The van der Waals surface area contributed by atoms with E-state index in [1.54, 1.807) is 0 Å². The number of hydrogen-bond acceptors (Lipinski definition) is 7. The minimum atomic E-state index is -0.742. The van der Waals surface area contributed by atoms with Crippen molar-refractivity contribution in [2.24, 2.45) is 5.92 Å². The Balaban J connectivity index is 1.49. The lowest BCUT2D eigenvalue weighted by atomic mass is 9.90. The van der Waals surface area contributed by atoms with Crippen LogP contribution in [0.25, 0.3) is 0 Å². The van der Waals surface area contributed by atoms with Crippen LogP contribution in [0.4, 0.5) is 5.82 Å². The van der Waals surface area contributed by atoms with Crippen LogP contribution in [0.5, 0.6) is 11.5 Å². The Hall–Kier alpha value is -2.87. The summed E-state index contributed by atoms with van der Waals surface area (Å²) in [6, 6.07) is 5.79. The molecule has 8 heteroatoms. The number of amides is 1. The minimum absolute atomic E-state index is 0.148. The van der Waals surface area contributed by atoms with Gasteiger partial charge < -0.3 is 24.8 Å². The van der Waals surface area contributed by atoms with Crippen LogP contribution in [0.1, 0.15) is 47.7 Å². The van der Waals surface area contributed by atoms with Crippen LogP contribution in [-0.4, -0.2) is 53.0 Å². The molecule has 0 spiro atoms. The highest BCUT2D eigenvalue weighted by atomic mass is 16.7. The topological polar surface area (TPSA) is 96.8 Å². The number of hydrogen-bond donors (Lipinski definition) is 2. The van der Waals surface area contributed by atoms with Gasteiger partial charge in [-0.1, -0.05) is 6.07 Å². The summed E-state index contributed by atoms with van der Waals surface area (Å²) in [5.41, 5.74) is 1.63. The van der Waals surface area contributed by atoms with Gasteiger partial charge in [-0.15, -0.1) is 0 Å². The molecule has 1 atom stereocenters. The maximum atomic E-state index is 12.5. The van der Waals surface area contributed by atoms with Crippen molar-refractivity contribution in [2.75, 3.05) is 31.3 Å². The van der Waals surface area contributed by atoms with Crippen molar-refractivity contribution in [3.05, 3.63) is 40.8 Å². The molecule has 8 nitrogen and oxygen atoms in total. The monoisotopic (exact) mass is 410 g/mol. The average Bonchev–Trinajstić information content (AvgIpc) is 3.37. The number of benzene rings is 1. The highest BCUT2D eigenvalue weighted by Gasteiger charge is 2.36. The van der Waals surface area contributed by atoms with Gasteiger partial charge in [-0.2, -0.15) is 0 Å². The van der Waals surface area contributed by atoms with Crippen molar-refractivity contribution in [2.45, 2.75) is 38.7 Å². The van der Waals surface area contributed by atoms with Gasteiger partial charge >= 0.3 is 0 Å². The lowest BCUT2D eigenvalue weighted by molar-refractivity contribution is 0.0263. The molecular formula is C22H26N4O4. The number of carbonyl (C=O) groups excluding carboxylic acids is 1. The summed E-state index contributed by atoms with van der Waals surface area (Å²) in [5, 5.41) is 13.3. The molecule has 1 fully saturated rings. The summed E-state index contributed by atoms with van der Waals surface area (Å²) < 4.78 is 10.9. The normalized spacial score (nSPS) is 20.3. The van der Waals surface area contributed by atoms with E-state index in [-0.39, 0.29) is 18.6 Å². The number of anilines is 1. The van der Waals surface area contributed by atoms with E-state index in [1.165, 1.54) is 0 Å². The van der Waals surface area contributed by atoms with E-state index in [9.17, 15) is 9.90 Å². The molecule has 1 aromatic heterocycles. The van der Waals surface area contributed by atoms with E-state index in [4.69, 9.17) is 14.5 Å². The lowest BCUT2D eigenvalue weighted by Gasteiger charge is -2.28. The van der Waals surface area contributed by atoms with E-state index in [2.05, 4.69) is 15.2 Å². The number of rotatable bonds is 4. The summed E-state index contributed by atoms with van der Waals surface area (Å²) in [5.74, 6) is 2.91. The summed E-state index contributed by atoms with van der Waals surface area (Å²) in [6.45, 7) is 6.06. The maximum Gasteiger partial charge on any atom is 0.270 e. The molecule has 1 aromatic carbocycles. The van der Waals surface area contributed by atoms with E-state index < -0.39 is 5.60 Å². The molecule has 0 bridgehead atoms. The third-order valence-electron chi connectivity index (χ3n) is 6.19. The molecule has 1 unspecified atom stereocenters. The quantitative estimate of drug-likeness (QED) is 0.792. The Bertz CT molecular complexity index is 1000. The molecule has 3 aliphatic heterocycles. The molecule has 0 saturated carbocycles. The molecule has 3 aliphatic rings. The summed E-state index contributed by atoms with van der Waals surface area (Å²) in [4.78, 5) is 24.2. The Kier molecular flexibility index (Phi) is 4.54. The highest BCUT2D eigenvalue weighted by Crippen LogP contribution is 2.35. The van der Waals surface area contributed by atoms with Crippen LogP contribution in [0.3, 0.4) is 0 Å². The van der Waals surface area contributed by atoms with Crippen molar-refractivity contribution in [1.82, 2.24) is 15.3 Å². The zero-order chi connectivity index (χ0) is 20.9. The molecule has 2 aromatic rings. The predicted molar refractivity (Wildman–Crippen MR) is 110 cm³/mol. The van der Waals surface area contributed by atoms with Gasteiger partial charge in [-0.3, -0.25) is 4.79 Å². The molecule has 1 amide bonds. The minimum Gasteiger partial charge on any atom is -0.454 e. The fraction of sp³-hybridized carbons (Fsp3) is 0.500. The van der Waals surface area contributed by atoms with E-state index >= 15 is 0 Å². The van der Waals surface area contributed by atoms with Gasteiger partial charge in [0.05, 0.1) is 5.60 Å². The van der Waals surface area contributed by atoms with E-state index in [0.717, 1.165) is 48.0 Å². The molecule has 30 heavy (non-hydrogen) atoms. The zero-order valence-electron chi connectivity index (χ0n) is 17.3. The number of nitrogens with one attached hydrogen (secondary N) is 1. The number of carbonyl (C=O) groups is 1. The Labute approximate surface area is 175 Å². The first kappa shape index (κ1) is 19.1. The van der Waals surface area contributed by atoms with Crippen molar-refractivity contribution in [3.8, 4) is 11.5 Å². The Morgan fingerprint density at radius 2 is 2.10 bits per heavy atom. The van der Waals surface area contributed by atoms with Gasteiger partial charge in [0.2, 0.25) is 6.79 Å². The summed E-state index contributed by atoms with van der Waals surface area (Å²) in [6.07, 6.45) is 2.10. The first-order valence-corrected chi connectivity index (χ1v) is 10.4. The van der Waals surface area contributed by atoms with Gasteiger partial charge in [-0.25, -0.2) is 9.97 Å². The van der Waals surface area contributed by atoms with Crippen molar-refractivity contribution in [3.63, 3.8) is 0 Å². The Morgan fingerprint density at radius 1 is 1.27 bits per heavy atom. The van der Waals surface area contributed by atoms with Crippen LogP contribution in [-0.2, 0) is 12.8 Å². The van der Waals surface area contributed by atoms with Gasteiger partial charge in [0.15, 0.2) is 11.5 Å². The number of aliphatic hydroxyl groups is 1. The number of ether oxygens (including phenoxy) is 2. The SMILES string of the molecule is CC(C)(O)C1CCN(c2nc(Cc3ccc4c(c3)OCO4)nc3c2CCNC3=O)C1. The zero-order valence-corrected chi connectivity index (χ0v) is 17.3. The van der Waals surface area contributed by atoms with Crippen molar-refractivity contribution < 1.29 is 19.4 Å². The average molecular weight is 410 g/mol. The molecule has 4 heterocycles. The van der Waals surface area contributed by atoms with Crippen LogP contribution < -0.4 is 19.7 Å². The van der Waals surface area contributed by atoms with Crippen molar-refractivity contribution in [1.29, 1.82) is 0 Å². The number of aromatic nitrogens is 2. The van der Waals surface area contributed by atoms with Crippen molar-refractivity contribution >= 4 is 11.7 Å². The highest BCUT2D eigenvalue weighted by molar-refractivity contribution is 5.96. The van der Waals surface area contributed by atoms with Gasteiger partial charge in [-0.05, 0) is 44.4 Å². The largest absolute Gasteiger partial charge is 0.454 e. The lowest BCUT2D eigenvalue weighted by Crippen LogP contribution is -2.37. The molecule has 0 radical (unpaired) electrons. The van der Waals surface area contributed by atoms with Gasteiger partial charge in [0.1, 0.15) is 17.3 Å². The van der Waals surface area contributed by atoms with E-state index in [1.807, 2.05) is 32.0 Å². The fourth-order valence-electron chi connectivity index (χ4n) is 4.42. The van der Waals surface area contributed by atoms with Crippen LogP contribution in [0.15, 0.2) is 18.2 Å². The van der Waals surface area contributed by atoms with Crippen LogP contribution in [0.2, 0.25) is 0 Å². The first-order valence-electron chi connectivity index (χ1n) is 10.4. The second-order valence-corrected chi connectivity index (χ2v) is 8.75. The second-order valence-electron chi connectivity index (χ2n) is 8.75. The molecule has 2 N–H and O–H groups in total. The molecule has 0 aliphatic carbocycles. The number of nitrogens with zero attached hydrogens (tertiary/aromatic N) is 3. The molecular weight excluding hydrogens is 384 g/mol. The summed E-state index contributed by atoms with van der Waals surface area (Å²) >= 11 is 0. The predicted octanol–water partition coefficient (Wildman–Crippen LogP) is 1.68. The maximum absolute atomic E-state index is 12.5.